The summed E-state index contributed by atoms with van der Waals surface area (Å²) in [5.41, 5.74) is 0. The van der Waals surface area contributed by atoms with E-state index in [2.05, 4.69) is 0 Å². The van der Waals surface area contributed by atoms with Crippen LogP contribution in [0.15, 0.2) is 0 Å². The summed E-state index contributed by atoms with van der Waals surface area (Å²) in [6, 6.07) is 0. The average molecular weight is 208 g/mol. The van der Waals surface area contributed by atoms with Gasteiger partial charge in [-0.15, -0.1) is 0 Å². The van der Waals surface area contributed by atoms with E-state index in [-0.39, 0.29) is 6.61 Å². The molecule has 2 N–H and O–H groups in total. The van der Waals surface area contributed by atoms with Crippen molar-refractivity contribution in [1.29, 1.82) is 0 Å². The number of ether oxygens (including phenoxy) is 3. The second kappa shape index (κ2) is 7.14. The van der Waals surface area contributed by atoms with Crippen LogP contribution in [0.1, 0.15) is 6.92 Å². The van der Waals surface area contributed by atoms with Gasteiger partial charge < -0.3 is 24.4 Å². The summed E-state index contributed by atoms with van der Waals surface area (Å²) in [7, 11) is 4.44. The Hall–Kier alpha value is -0.200. The van der Waals surface area contributed by atoms with Gasteiger partial charge in [-0.2, -0.15) is 0 Å². The third-order valence-electron chi connectivity index (χ3n) is 2.19. The minimum atomic E-state index is -0.686. The van der Waals surface area contributed by atoms with Crippen molar-refractivity contribution in [2.24, 2.45) is 0 Å². The number of hydrogen-bond acceptors (Lipinski definition) is 5. The molecular weight excluding hydrogens is 188 g/mol. The molecule has 0 aliphatic rings. The molecule has 5 nitrogen and oxygen atoms in total. The lowest BCUT2D eigenvalue weighted by atomic mass is 10.0. The lowest BCUT2D eigenvalue weighted by molar-refractivity contribution is -0.147. The Kier molecular flexibility index (Phi) is 7.04. The van der Waals surface area contributed by atoms with Crippen LogP contribution in [0.3, 0.4) is 0 Å². The highest BCUT2D eigenvalue weighted by molar-refractivity contribution is 4.82. The minimum Gasteiger partial charge on any atom is -0.394 e. The Morgan fingerprint density at radius 3 is 1.71 bits per heavy atom. The monoisotopic (exact) mass is 208 g/mol. The van der Waals surface area contributed by atoms with Crippen LogP contribution in [0, 0.1) is 0 Å². The number of aliphatic hydroxyl groups is 2. The van der Waals surface area contributed by atoms with E-state index in [9.17, 15) is 5.11 Å². The summed E-state index contributed by atoms with van der Waals surface area (Å²) < 4.78 is 15.2. The molecule has 0 rings (SSSR count). The second-order valence-corrected chi connectivity index (χ2v) is 3.10. The molecule has 0 aromatic heterocycles. The first-order valence-electron chi connectivity index (χ1n) is 4.49. The fourth-order valence-corrected chi connectivity index (χ4v) is 1.42. The Morgan fingerprint density at radius 2 is 1.50 bits per heavy atom. The molecule has 0 aliphatic carbocycles. The van der Waals surface area contributed by atoms with Gasteiger partial charge in [0, 0.05) is 21.3 Å². The van der Waals surface area contributed by atoms with E-state index in [4.69, 9.17) is 19.3 Å². The van der Waals surface area contributed by atoms with Crippen molar-refractivity contribution in [3.63, 3.8) is 0 Å². The van der Waals surface area contributed by atoms with Gasteiger partial charge in [-0.25, -0.2) is 0 Å². The van der Waals surface area contributed by atoms with Crippen molar-refractivity contribution in [2.75, 3.05) is 27.9 Å². The largest absolute Gasteiger partial charge is 0.394 e. The Morgan fingerprint density at radius 1 is 1.00 bits per heavy atom. The van der Waals surface area contributed by atoms with Gasteiger partial charge in [0.1, 0.15) is 18.3 Å². The summed E-state index contributed by atoms with van der Waals surface area (Å²) in [5, 5.41) is 18.4. The zero-order valence-electron chi connectivity index (χ0n) is 9.14. The summed E-state index contributed by atoms with van der Waals surface area (Å²) in [6.07, 6.45) is -2.19. The molecule has 0 aliphatic heterocycles. The smallest absolute Gasteiger partial charge is 0.114 e. The van der Waals surface area contributed by atoms with Crippen LogP contribution in [-0.4, -0.2) is 62.6 Å². The molecule has 5 heteroatoms. The molecule has 0 aromatic rings. The second-order valence-electron chi connectivity index (χ2n) is 3.10. The maximum Gasteiger partial charge on any atom is 0.114 e. The molecule has 0 fully saturated rings. The maximum atomic E-state index is 9.41. The lowest BCUT2D eigenvalue weighted by Crippen LogP contribution is -2.48. The van der Waals surface area contributed by atoms with Gasteiger partial charge in [-0.05, 0) is 6.92 Å². The van der Waals surface area contributed by atoms with Crippen molar-refractivity contribution in [3.8, 4) is 0 Å². The maximum absolute atomic E-state index is 9.41. The quantitative estimate of drug-likeness (QED) is 0.585. The SMILES string of the molecule is CO[C@H]([C@H](OC)[C@H](C)O)[C@@H](CO)OC. The van der Waals surface area contributed by atoms with Crippen LogP contribution in [-0.2, 0) is 14.2 Å². The lowest BCUT2D eigenvalue weighted by Gasteiger charge is -2.31. The van der Waals surface area contributed by atoms with Gasteiger partial charge in [-0.1, -0.05) is 0 Å². The van der Waals surface area contributed by atoms with Crippen molar-refractivity contribution < 1.29 is 24.4 Å². The van der Waals surface area contributed by atoms with E-state index in [1.54, 1.807) is 6.92 Å². The molecule has 86 valence electrons. The third kappa shape index (κ3) is 3.51. The summed E-state index contributed by atoms with van der Waals surface area (Å²) in [6.45, 7) is 1.42. The van der Waals surface area contributed by atoms with Crippen LogP contribution in [0.2, 0.25) is 0 Å². The molecule has 4 atom stereocenters. The average Bonchev–Trinajstić information content (AvgIpc) is 2.17. The predicted octanol–water partition coefficient (Wildman–Crippen LogP) is -0.596. The van der Waals surface area contributed by atoms with E-state index in [1.165, 1.54) is 21.3 Å². The molecule has 0 spiro atoms. The van der Waals surface area contributed by atoms with Gasteiger partial charge in [0.05, 0.1) is 12.7 Å². The highest BCUT2D eigenvalue weighted by Crippen LogP contribution is 2.13. The first-order valence-corrected chi connectivity index (χ1v) is 4.49. The number of methoxy groups -OCH3 is 3. The zero-order chi connectivity index (χ0) is 11.1. The first-order chi connectivity index (χ1) is 6.62. The van der Waals surface area contributed by atoms with Crippen LogP contribution in [0.25, 0.3) is 0 Å². The van der Waals surface area contributed by atoms with Crippen molar-refractivity contribution >= 4 is 0 Å². The standard InChI is InChI=1S/C9H20O5/c1-6(11)8(13-3)9(14-4)7(5-10)12-2/h6-11H,5H2,1-4H3/t6-,7+,8+,9-/m0/s1. The highest BCUT2D eigenvalue weighted by Gasteiger charge is 2.32. The molecule has 0 aromatic carbocycles. The highest BCUT2D eigenvalue weighted by atomic mass is 16.6. The van der Waals surface area contributed by atoms with Crippen molar-refractivity contribution in [2.45, 2.75) is 31.3 Å². The third-order valence-corrected chi connectivity index (χ3v) is 2.19. The topological polar surface area (TPSA) is 68.2 Å². The van der Waals surface area contributed by atoms with Gasteiger partial charge in [0.25, 0.3) is 0 Å². The molecule has 0 radical (unpaired) electrons. The molecule has 0 heterocycles. The van der Waals surface area contributed by atoms with E-state index in [0.717, 1.165) is 0 Å². The van der Waals surface area contributed by atoms with E-state index >= 15 is 0 Å². The summed E-state index contributed by atoms with van der Waals surface area (Å²) >= 11 is 0. The minimum absolute atomic E-state index is 0.179. The summed E-state index contributed by atoms with van der Waals surface area (Å²) in [5.74, 6) is 0. The zero-order valence-corrected chi connectivity index (χ0v) is 9.14. The van der Waals surface area contributed by atoms with E-state index in [0.29, 0.717) is 0 Å². The van der Waals surface area contributed by atoms with E-state index in [1.807, 2.05) is 0 Å². The molecule has 0 saturated carbocycles. The Bertz CT molecular complexity index is 135. The molecular formula is C9H20O5. The van der Waals surface area contributed by atoms with Crippen molar-refractivity contribution in [1.82, 2.24) is 0 Å². The Labute approximate surface area is 84.6 Å². The predicted molar refractivity (Wildman–Crippen MR) is 51.2 cm³/mol. The van der Waals surface area contributed by atoms with Crippen LogP contribution >= 0.6 is 0 Å². The summed E-state index contributed by atoms with van der Waals surface area (Å²) in [4.78, 5) is 0. The number of rotatable bonds is 7. The Balaban J connectivity index is 4.48. The van der Waals surface area contributed by atoms with Crippen molar-refractivity contribution in [3.05, 3.63) is 0 Å². The van der Waals surface area contributed by atoms with Gasteiger partial charge in [0.2, 0.25) is 0 Å². The molecule has 14 heavy (non-hydrogen) atoms. The number of hydrogen-bond donors (Lipinski definition) is 2. The fourth-order valence-electron chi connectivity index (χ4n) is 1.42. The molecule has 0 amide bonds. The van der Waals surface area contributed by atoms with Crippen LogP contribution in [0.5, 0.6) is 0 Å². The molecule has 0 unspecified atom stereocenters. The van der Waals surface area contributed by atoms with E-state index < -0.39 is 24.4 Å². The molecule has 0 bridgehead atoms. The van der Waals surface area contributed by atoms with Gasteiger partial charge in [-0.3, -0.25) is 0 Å². The fraction of sp³-hybridized carbons (Fsp3) is 1.00. The van der Waals surface area contributed by atoms with Crippen LogP contribution in [0.4, 0.5) is 0 Å². The first kappa shape index (κ1) is 13.8. The normalized spacial score (nSPS) is 20.1. The van der Waals surface area contributed by atoms with Crippen LogP contribution < -0.4 is 0 Å². The van der Waals surface area contributed by atoms with Gasteiger partial charge in [0.15, 0.2) is 0 Å². The number of aliphatic hydroxyl groups excluding tert-OH is 2. The molecule has 0 saturated heterocycles. The van der Waals surface area contributed by atoms with Gasteiger partial charge >= 0.3 is 0 Å².